The van der Waals surface area contributed by atoms with Crippen LogP contribution in [0.1, 0.15) is 43.2 Å². The molecule has 0 spiro atoms. The highest BCUT2D eigenvalue weighted by Gasteiger charge is 2.23. The molecule has 1 aromatic carbocycles. The third-order valence-corrected chi connectivity index (χ3v) is 5.50. The molecule has 2 amide bonds. The van der Waals surface area contributed by atoms with Gasteiger partial charge in [0.1, 0.15) is 0 Å². The first-order valence-electron chi connectivity index (χ1n) is 10.4. The molecule has 0 aliphatic carbocycles. The number of amides is 2. The molecule has 1 atom stereocenters. The Balaban J connectivity index is 1.38. The molecule has 1 fully saturated rings. The second-order valence-corrected chi connectivity index (χ2v) is 7.77. The fourth-order valence-corrected chi connectivity index (χ4v) is 3.76. The standard InChI is InChI=1S/C23H27F2N3O2/c24-20-6-3-19(14-21(20)25)15-27-22(29)7-4-18-2-1-13-28(16-18)23(30)8-5-17-9-11-26-12-10-17/h3,6,9-12,14,18H,1-2,4-5,7-8,13,15-16H2,(H,27,29). The van der Waals surface area contributed by atoms with Crippen molar-refractivity contribution in [2.75, 3.05) is 13.1 Å². The van der Waals surface area contributed by atoms with Crippen LogP contribution in [-0.4, -0.2) is 34.8 Å². The highest BCUT2D eigenvalue weighted by molar-refractivity contribution is 5.77. The number of likely N-dealkylation sites (tertiary alicyclic amines) is 1. The molecule has 160 valence electrons. The minimum atomic E-state index is -0.919. The molecule has 2 aromatic rings. The molecule has 1 N–H and O–H groups in total. The van der Waals surface area contributed by atoms with Crippen LogP contribution >= 0.6 is 0 Å². The normalized spacial score (nSPS) is 16.3. The van der Waals surface area contributed by atoms with Crippen LogP contribution in [-0.2, 0) is 22.6 Å². The summed E-state index contributed by atoms with van der Waals surface area (Å²) >= 11 is 0. The van der Waals surface area contributed by atoms with Crippen LogP contribution in [0.4, 0.5) is 8.78 Å². The summed E-state index contributed by atoms with van der Waals surface area (Å²) in [7, 11) is 0. The van der Waals surface area contributed by atoms with Crippen molar-refractivity contribution < 1.29 is 18.4 Å². The van der Waals surface area contributed by atoms with Crippen molar-refractivity contribution in [3.8, 4) is 0 Å². The minimum absolute atomic E-state index is 0.124. The maximum Gasteiger partial charge on any atom is 0.222 e. The topological polar surface area (TPSA) is 62.3 Å². The molecule has 7 heteroatoms. The molecule has 5 nitrogen and oxygen atoms in total. The average molecular weight is 415 g/mol. The molecular weight excluding hydrogens is 388 g/mol. The van der Waals surface area contributed by atoms with Gasteiger partial charge in [-0.15, -0.1) is 0 Å². The van der Waals surface area contributed by atoms with Crippen LogP contribution in [0.5, 0.6) is 0 Å². The summed E-state index contributed by atoms with van der Waals surface area (Å²) in [4.78, 5) is 30.6. The van der Waals surface area contributed by atoms with Gasteiger partial charge >= 0.3 is 0 Å². The monoisotopic (exact) mass is 415 g/mol. The van der Waals surface area contributed by atoms with Gasteiger partial charge in [-0.1, -0.05) is 6.07 Å². The van der Waals surface area contributed by atoms with Gasteiger partial charge in [-0.25, -0.2) is 8.78 Å². The number of nitrogens with one attached hydrogen (secondary N) is 1. The van der Waals surface area contributed by atoms with Gasteiger partial charge in [0.2, 0.25) is 11.8 Å². The third-order valence-electron chi connectivity index (χ3n) is 5.50. The number of aryl methyl sites for hydroxylation is 1. The van der Waals surface area contributed by atoms with E-state index in [-0.39, 0.29) is 18.4 Å². The van der Waals surface area contributed by atoms with E-state index in [1.54, 1.807) is 12.4 Å². The number of hydrogen-bond acceptors (Lipinski definition) is 3. The predicted octanol–water partition coefficient (Wildman–Crippen LogP) is 3.63. The molecule has 1 unspecified atom stereocenters. The van der Waals surface area contributed by atoms with E-state index in [1.807, 2.05) is 17.0 Å². The van der Waals surface area contributed by atoms with E-state index < -0.39 is 11.6 Å². The number of pyridine rings is 1. The highest BCUT2D eigenvalue weighted by Crippen LogP contribution is 2.22. The van der Waals surface area contributed by atoms with Crippen LogP contribution in [0.2, 0.25) is 0 Å². The van der Waals surface area contributed by atoms with Crippen molar-refractivity contribution in [1.29, 1.82) is 0 Å². The zero-order chi connectivity index (χ0) is 21.3. The maximum absolute atomic E-state index is 13.2. The van der Waals surface area contributed by atoms with E-state index in [0.717, 1.165) is 37.1 Å². The lowest BCUT2D eigenvalue weighted by atomic mass is 9.93. The number of aromatic nitrogens is 1. The van der Waals surface area contributed by atoms with Gasteiger partial charge in [0.05, 0.1) is 0 Å². The number of carbonyl (C=O) groups excluding carboxylic acids is 2. The van der Waals surface area contributed by atoms with E-state index in [2.05, 4.69) is 10.3 Å². The van der Waals surface area contributed by atoms with E-state index in [0.29, 0.717) is 43.7 Å². The lowest BCUT2D eigenvalue weighted by Crippen LogP contribution is -2.40. The molecular formula is C23H27F2N3O2. The molecule has 1 aromatic heterocycles. The summed E-state index contributed by atoms with van der Waals surface area (Å²) < 4.78 is 26.2. The van der Waals surface area contributed by atoms with Crippen molar-refractivity contribution in [2.45, 2.75) is 45.1 Å². The lowest BCUT2D eigenvalue weighted by Gasteiger charge is -2.33. The second-order valence-electron chi connectivity index (χ2n) is 7.77. The minimum Gasteiger partial charge on any atom is -0.352 e. The fraction of sp³-hybridized carbons (Fsp3) is 0.435. The molecule has 1 aliphatic heterocycles. The van der Waals surface area contributed by atoms with Crippen LogP contribution in [0.3, 0.4) is 0 Å². The Kier molecular flexibility index (Phi) is 7.88. The average Bonchev–Trinajstić information content (AvgIpc) is 2.77. The summed E-state index contributed by atoms with van der Waals surface area (Å²) in [6.07, 6.45) is 7.65. The van der Waals surface area contributed by atoms with Crippen LogP contribution in [0.25, 0.3) is 0 Å². The van der Waals surface area contributed by atoms with Gasteiger partial charge in [0, 0.05) is 44.9 Å². The van der Waals surface area contributed by atoms with Crippen molar-refractivity contribution >= 4 is 11.8 Å². The smallest absolute Gasteiger partial charge is 0.222 e. The van der Waals surface area contributed by atoms with Crippen molar-refractivity contribution in [3.63, 3.8) is 0 Å². The Labute approximate surface area is 175 Å². The number of nitrogens with zero attached hydrogens (tertiary/aromatic N) is 2. The Morgan fingerprint density at radius 1 is 1.07 bits per heavy atom. The predicted molar refractivity (Wildman–Crippen MR) is 109 cm³/mol. The van der Waals surface area contributed by atoms with Gasteiger partial charge in [-0.05, 0) is 67.0 Å². The lowest BCUT2D eigenvalue weighted by molar-refractivity contribution is -0.133. The summed E-state index contributed by atoms with van der Waals surface area (Å²) in [5.41, 5.74) is 1.62. The Bertz CT molecular complexity index is 861. The van der Waals surface area contributed by atoms with E-state index in [4.69, 9.17) is 0 Å². The first-order valence-corrected chi connectivity index (χ1v) is 10.4. The Morgan fingerprint density at radius 3 is 2.63 bits per heavy atom. The van der Waals surface area contributed by atoms with Gasteiger partial charge in [0.25, 0.3) is 0 Å². The molecule has 0 saturated carbocycles. The second kappa shape index (κ2) is 10.8. The zero-order valence-electron chi connectivity index (χ0n) is 16.9. The zero-order valence-corrected chi connectivity index (χ0v) is 16.9. The summed E-state index contributed by atoms with van der Waals surface area (Å²) in [6, 6.07) is 7.44. The number of halogens is 2. The molecule has 1 aliphatic rings. The number of carbonyl (C=O) groups is 2. The van der Waals surface area contributed by atoms with Crippen molar-refractivity contribution in [1.82, 2.24) is 15.2 Å². The fourth-order valence-electron chi connectivity index (χ4n) is 3.76. The molecule has 0 bridgehead atoms. The summed E-state index contributed by atoms with van der Waals surface area (Å²) in [6.45, 7) is 1.62. The van der Waals surface area contributed by atoms with Crippen LogP contribution in [0, 0.1) is 17.6 Å². The van der Waals surface area contributed by atoms with Gasteiger partial charge in [-0.3, -0.25) is 14.6 Å². The number of benzene rings is 1. The number of rotatable bonds is 8. The Hall–Kier alpha value is -2.83. The van der Waals surface area contributed by atoms with Gasteiger partial charge in [-0.2, -0.15) is 0 Å². The largest absolute Gasteiger partial charge is 0.352 e. The van der Waals surface area contributed by atoms with E-state index in [1.165, 1.54) is 6.07 Å². The summed E-state index contributed by atoms with van der Waals surface area (Å²) in [5.74, 6) is -1.49. The maximum atomic E-state index is 13.2. The number of piperidine rings is 1. The molecule has 3 rings (SSSR count). The molecule has 2 heterocycles. The first-order chi connectivity index (χ1) is 14.5. The molecule has 0 radical (unpaired) electrons. The van der Waals surface area contributed by atoms with E-state index in [9.17, 15) is 18.4 Å². The Morgan fingerprint density at radius 2 is 1.87 bits per heavy atom. The van der Waals surface area contributed by atoms with Gasteiger partial charge in [0.15, 0.2) is 11.6 Å². The van der Waals surface area contributed by atoms with Crippen LogP contribution in [0.15, 0.2) is 42.7 Å². The van der Waals surface area contributed by atoms with Crippen LogP contribution < -0.4 is 5.32 Å². The van der Waals surface area contributed by atoms with Crippen molar-refractivity contribution in [2.24, 2.45) is 5.92 Å². The molecule has 1 saturated heterocycles. The summed E-state index contributed by atoms with van der Waals surface area (Å²) in [5, 5.41) is 2.74. The van der Waals surface area contributed by atoms with E-state index >= 15 is 0 Å². The number of hydrogen-bond donors (Lipinski definition) is 1. The highest BCUT2D eigenvalue weighted by atomic mass is 19.2. The molecule has 30 heavy (non-hydrogen) atoms. The first kappa shape index (κ1) is 21.9. The van der Waals surface area contributed by atoms with Crippen molar-refractivity contribution in [3.05, 3.63) is 65.5 Å². The quantitative estimate of drug-likeness (QED) is 0.716. The van der Waals surface area contributed by atoms with Gasteiger partial charge < -0.3 is 10.2 Å². The SMILES string of the molecule is O=C(CCC1CCCN(C(=O)CCc2ccncc2)C1)NCc1ccc(F)c(F)c1. The third kappa shape index (κ3) is 6.61.